The lowest BCUT2D eigenvalue weighted by atomic mass is 10.1. The topological polar surface area (TPSA) is 72.8 Å². The Kier molecular flexibility index (Phi) is 2.96. The normalized spacial score (nSPS) is 15.5. The van der Waals surface area contributed by atoms with Crippen LogP contribution in [0, 0.1) is 13.8 Å². The van der Waals surface area contributed by atoms with Gasteiger partial charge in [0, 0.05) is 6.21 Å². The van der Waals surface area contributed by atoms with Gasteiger partial charge in [-0.25, -0.2) is 0 Å². The molecule has 0 fully saturated rings. The first-order valence-electron chi connectivity index (χ1n) is 7.19. The maximum Gasteiger partial charge on any atom is 0.283 e. The highest BCUT2D eigenvalue weighted by atomic mass is 32.1. The van der Waals surface area contributed by atoms with Crippen LogP contribution in [0.1, 0.15) is 16.7 Å². The van der Waals surface area contributed by atoms with Crippen LogP contribution in [0.5, 0.6) is 0 Å². The average Bonchev–Trinajstić information content (AvgIpc) is 3.11. The van der Waals surface area contributed by atoms with Gasteiger partial charge in [0.15, 0.2) is 4.96 Å². The van der Waals surface area contributed by atoms with Gasteiger partial charge in [0.1, 0.15) is 5.82 Å². The van der Waals surface area contributed by atoms with Gasteiger partial charge in [-0.15, -0.1) is 0 Å². The molecule has 2 N–H and O–H groups in total. The number of hydrogen-bond donors (Lipinski definition) is 1. The number of thiazole rings is 1. The van der Waals surface area contributed by atoms with E-state index in [1.54, 1.807) is 12.3 Å². The van der Waals surface area contributed by atoms with Gasteiger partial charge in [-0.1, -0.05) is 11.3 Å². The predicted molar refractivity (Wildman–Crippen MR) is 96.3 cm³/mol. The van der Waals surface area contributed by atoms with E-state index in [-0.39, 0.29) is 5.56 Å². The van der Waals surface area contributed by atoms with Crippen LogP contribution in [-0.2, 0) is 0 Å². The Bertz CT molecular complexity index is 1100. The van der Waals surface area contributed by atoms with E-state index < -0.39 is 0 Å². The molecule has 2 aromatic heterocycles. The molecule has 114 valence electrons. The highest BCUT2D eigenvalue weighted by Gasteiger charge is 2.15. The van der Waals surface area contributed by atoms with Crippen LogP contribution in [0.15, 0.2) is 39.8 Å². The van der Waals surface area contributed by atoms with Crippen LogP contribution in [0.3, 0.4) is 0 Å². The summed E-state index contributed by atoms with van der Waals surface area (Å²) in [5, 5.41) is 0. The standard InChI is InChI=1S/C17H14N4OS/c1-9-6-13-14(7-10(9)2)23-17-20-16(22)12(15(18)21(13)17)8-11-4-3-5-19-11/h3-8H,18H2,1-2H3/b11-8-. The Morgan fingerprint density at radius 3 is 2.78 bits per heavy atom. The number of rotatable bonds is 1. The van der Waals surface area contributed by atoms with Gasteiger partial charge in [-0.2, -0.15) is 4.98 Å². The van der Waals surface area contributed by atoms with Crippen LogP contribution >= 0.6 is 11.3 Å². The van der Waals surface area contributed by atoms with E-state index in [2.05, 4.69) is 36.0 Å². The largest absolute Gasteiger partial charge is 0.384 e. The fourth-order valence-electron chi connectivity index (χ4n) is 2.64. The first-order valence-corrected chi connectivity index (χ1v) is 8.00. The van der Waals surface area contributed by atoms with Crippen LogP contribution in [-0.4, -0.2) is 15.6 Å². The number of aryl methyl sites for hydroxylation is 2. The zero-order valence-electron chi connectivity index (χ0n) is 12.7. The predicted octanol–water partition coefficient (Wildman–Crippen LogP) is 3.09. The third kappa shape index (κ3) is 2.10. The lowest BCUT2D eigenvalue weighted by Gasteiger charge is -2.06. The van der Waals surface area contributed by atoms with Crippen molar-refractivity contribution in [3.8, 4) is 0 Å². The summed E-state index contributed by atoms with van der Waals surface area (Å²) in [4.78, 5) is 21.3. The number of nitrogens with two attached hydrogens (primary N) is 1. The summed E-state index contributed by atoms with van der Waals surface area (Å²) in [6.45, 7) is 4.13. The van der Waals surface area contributed by atoms with Gasteiger partial charge in [0.25, 0.3) is 5.56 Å². The van der Waals surface area contributed by atoms with Gasteiger partial charge in [0.05, 0.1) is 21.5 Å². The van der Waals surface area contributed by atoms with E-state index in [9.17, 15) is 4.79 Å². The van der Waals surface area contributed by atoms with Gasteiger partial charge in [-0.05, 0) is 55.3 Å². The van der Waals surface area contributed by atoms with E-state index in [0.717, 1.165) is 10.2 Å². The molecular formula is C17H14N4OS. The van der Waals surface area contributed by atoms with E-state index >= 15 is 0 Å². The first kappa shape index (κ1) is 13.9. The molecule has 0 aliphatic carbocycles. The number of benzene rings is 1. The zero-order chi connectivity index (χ0) is 16.1. The fourth-order valence-corrected chi connectivity index (χ4v) is 3.75. The van der Waals surface area contributed by atoms with Crippen molar-refractivity contribution in [3.63, 3.8) is 0 Å². The highest BCUT2D eigenvalue weighted by Crippen LogP contribution is 2.30. The minimum Gasteiger partial charge on any atom is -0.384 e. The molecule has 0 bridgehead atoms. The second kappa shape index (κ2) is 4.89. The third-order valence-electron chi connectivity index (χ3n) is 4.02. The lowest BCUT2D eigenvalue weighted by Crippen LogP contribution is -2.16. The monoisotopic (exact) mass is 322 g/mol. The van der Waals surface area contributed by atoms with Crippen molar-refractivity contribution in [3.05, 3.63) is 57.0 Å². The van der Waals surface area contributed by atoms with E-state index in [0.29, 0.717) is 22.0 Å². The molecule has 4 rings (SSSR count). The summed E-state index contributed by atoms with van der Waals surface area (Å²) in [6.07, 6.45) is 7.00. The number of nitrogen functional groups attached to an aromatic ring is 1. The molecule has 6 heteroatoms. The van der Waals surface area contributed by atoms with Crippen LogP contribution in [0.2, 0.25) is 0 Å². The Morgan fingerprint density at radius 1 is 1.26 bits per heavy atom. The van der Waals surface area contributed by atoms with Crippen molar-refractivity contribution < 1.29 is 0 Å². The smallest absolute Gasteiger partial charge is 0.283 e. The molecule has 0 spiro atoms. The van der Waals surface area contributed by atoms with Crippen molar-refractivity contribution in [1.82, 2.24) is 9.38 Å². The van der Waals surface area contributed by atoms with Gasteiger partial charge in [-0.3, -0.25) is 14.2 Å². The van der Waals surface area contributed by atoms with Crippen LogP contribution in [0.25, 0.3) is 21.3 Å². The molecule has 0 saturated carbocycles. The Hall–Kier alpha value is -2.73. The van der Waals surface area contributed by atoms with E-state index in [1.807, 2.05) is 16.6 Å². The number of aromatic nitrogens is 2. The second-order valence-electron chi connectivity index (χ2n) is 5.55. The van der Waals surface area contributed by atoms with Crippen molar-refractivity contribution in [2.24, 2.45) is 4.99 Å². The van der Waals surface area contributed by atoms with Crippen molar-refractivity contribution in [2.45, 2.75) is 13.8 Å². The molecule has 3 aromatic rings. The molecule has 0 atom stereocenters. The minimum absolute atomic E-state index is 0.328. The molecule has 23 heavy (non-hydrogen) atoms. The summed E-state index contributed by atoms with van der Waals surface area (Å²) < 4.78 is 2.91. The van der Waals surface area contributed by atoms with Crippen molar-refractivity contribution >= 4 is 44.6 Å². The molecule has 0 amide bonds. The summed E-state index contributed by atoms with van der Waals surface area (Å²) in [6, 6.07) is 4.19. The molecule has 3 heterocycles. The lowest BCUT2D eigenvalue weighted by molar-refractivity contribution is 1.14. The van der Waals surface area contributed by atoms with Crippen LogP contribution < -0.4 is 11.3 Å². The summed E-state index contributed by atoms with van der Waals surface area (Å²) in [7, 11) is 0. The van der Waals surface area contributed by atoms with Gasteiger partial charge in [0.2, 0.25) is 0 Å². The number of anilines is 1. The molecule has 0 saturated heterocycles. The van der Waals surface area contributed by atoms with E-state index in [4.69, 9.17) is 5.73 Å². The molecule has 0 unspecified atom stereocenters. The zero-order valence-corrected chi connectivity index (χ0v) is 13.5. The molecule has 1 aliphatic rings. The summed E-state index contributed by atoms with van der Waals surface area (Å²) in [5.74, 6) is 0.400. The minimum atomic E-state index is -0.328. The van der Waals surface area contributed by atoms with Gasteiger partial charge >= 0.3 is 0 Å². The molecule has 0 radical (unpaired) electrons. The van der Waals surface area contributed by atoms with Crippen molar-refractivity contribution in [2.75, 3.05) is 5.73 Å². The maximum absolute atomic E-state index is 12.3. The quantitative estimate of drug-likeness (QED) is 0.748. The molecule has 1 aliphatic heterocycles. The van der Waals surface area contributed by atoms with Crippen molar-refractivity contribution in [1.29, 1.82) is 0 Å². The Morgan fingerprint density at radius 2 is 2.04 bits per heavy atom. The SMILES string of the molecule is Cc1cc2sc3nc(=O)c(/C=C4/C=CC=N4)c(N)n3c2cc1C. The summed E-state index contributed by atoms with van der Waals surface area (Å²) in [5.41, 5.74) is 10.4. The van der Waals surface area contributed by atoms with Gasteiger partial charge < -0.3 is 5.73 Å². The number of nitrogens with zero attached hydrogens (tertiary/aromatic N) is 3. The molecule has 1 aromatic carbocycles. The highest BCUT2D eigenvalue weighted by molar-refractivity contribution is 7.23. The Labute approximate surface area is 136 Å². The van der Waals surface area contributed by atoms with E-state index in [1.165, 1.54) is 22.5 Å². The number of hydrogen-bond acceptors (Lipinski definition) is 5. The molecule has 5 nitrogen and oxygen atoms in total. The number of fused-ring (bicyclic) bond motifs is 3. The number of allylic oxidation sites excluding steroid dienone is 2. The number of aliphatic imine (C=N–C) groups is 1. The summed E-state index contributed by atoms with van der Waals surface area (Å²) >= 11 is 1.47. The maximum atomic E-state index is 12.3. The average molecular weight is 322 g/mol. The van der Waals surface area contributed by atoms with Crippen LogP contribution in [0.4, 0.5) is 5.82 Å². The fraction of sp³-hybridized carbons (Fsp3) is 0.118. The molecular weight excluding hydrogens is 308 g/mol. The second-order valence-corrected chi connectivity index (χ2v) is 6.56. The Balaban J connectivity index is 2.10. The first-order chi connectivity index (χ1) is 11.0. The third-order valence-corrected chi connectivity index (χ3v) is 5.03.